The summed E-state index contributed by atoms with van der Waals surface area (Å²) in [4.78, 5) is 34.2. The SMILES string of the molecule is O=C(O)[C@@H]1CSCN1C(=O)NCc1ccc([N+](=O)[O-])cc1. The third-order valence-electron chi connectivity index (χ3n) is 3.02. The molecule has 1 aromatic carbocycles. The summed E-state index contributed by atoms with van der Waals surface area (Å²) in [6.45, 7) is 0.185. The summed E-state index contributed by atoms with van der Waals surface area (Å²) in [5, 5.41) is 22.1. The van der Waals surface area contributed by atoms with E-state index in [0.717, 1.165) is 0 Å². The molecule has 1 heterocycles. The Balaban J connectivity index is 1.91. The maximum Gasteiger partial charge on any atom is 0.327 e. The number of rotatable bonds is 4. The molecule has 8 nitrogen and oxygen atoms in total. The number of urea groups is 1. The van der Waals surface area contributed by atoms with Crippen LogP contribution in [0.3, 0.4) is 0 Å². The molecule has 1 aliphatic heterocycles. The normalized spacial score (nSPS) is 17.5. The van der Waals surface area contributed by atoms with Gasteiger partial charge in [-0.3, -0.25) is 10.1 Å². The lowest BCUT2D eigenvalue weighted by Crippen LogP contribution is -2.46. The van der Waals surface area contributed by atoms with E-state index in [1.54, 1.807) is 12.1 Å². The Morgan fingerprint density at radius 3 is 2.67 bits per heavy atom. The summed E-state index contributed by atoms with van der Waals surface area (Å²) >= 11 is 1.38. The van der Waals surface area contributed by atoms with E-state index in [2.05, 4.69) is 5.32 Å². The van der Waals surface area contributed by atoms with Gasteiger partial charge in [0.2, 0.25) is 0 Å². The maximum atomic E-state index is 11.9. The first kappa shape index (κ1) is 15.1. The number of nitrogens with zero attached hydrogens (tertiary/aromatic N) is 2. The highest BCUT2D eigenvalue weighted by molar-refractivity contribution is 7.99. The van der Waals surface area contributed by atoms with Crippen LogP contribution in [0.5, 0.6) is 0 Å². The quantitative estimate of drug-likeness (QED) is 0.639. The number of thioether (sulfide) groups is 1. The number of aliphatic carboxylic acids is 1. The van der Waals surface area contributed by atoms with E-state index in [9.17, 15) is 19.7 Å². The summed E-state index contributed by atoms with van der Waals surface area (Å²) in [5.74, 6) is -0.311. The molecule has 2 rings (SSSR count). The van der Waals surface area contributed by atoms with Gasteiger partial charge in [-0.1, -0.05) is 12.1 Å². The zero-order valence-electron chi connectivity index (χ0n) is 10.9. The Morgan fingerprint density at radius 1 is 1.43 bits per heavy atom. The Kier molecular flexibility index (Phi) is 4.63. The molecule has 112 valence electrons. The lowest BCUT2D eigenvalue weighted by molar-refractivity contribution is -0.384. The number of non-ortho nitro benzene ring substituents is 1. The average molecular weight is 311 g/mol. The molecule has 0 unspecified atom stereocenters. The van der Waals surface area contributed by atoms with Crippen LogP contribution in [0, 0.1) is 10.1 Å². The first-order valence-electron chi connectivity index (χ1n) is 6.07. The molecule has 2 amide bonds. The van der Waals surface area contributed by atoms with Gasteiger partial charge in [0.05, 0.1) is 10.8 Å². The van der Waals surface area contributed by atoms with Crippen LogP contribution in [0.4, 0.5) is 10.5 Å². The summed E-state index contributed by atoms with van der Waals surface area (Å²) in [7, 11) is 0. The van der Waals surface area contributed by atoms with Gasteiger partial charge in [0.1, 0.15) is 6.04 Å². The number of nitro groups is 1. The molecular weight excluding hydrogens is 298 g/mol. The number of carbonyl (C=O) groups excluding carboxylic acids is 1. The predicted octanol–water partition coefficient (Wildman–Crippen LogP) is 1.26. The zero-order chi connectivity index (χ0) is 15.4. The van der Waals surface area contributed by atoms with Gasteiger partial charge >= 0.3 is 12.0 Å². The smallest absolute Gasteiger partial charge is 0.327 e. The number of carboxylic acid groups (broad SMARTS) is 1. The van der Waals surface area contributed by atoms with Crippen LogP contribution >= 0.6 is 11.8 Å². The Morgan fingerprint density at radius 2 is 2.10 bits per heavy atom. The van der Waals surface area contributed by atoms with Gasteiger partial charge in [0, 0.05) is 24.4 Å². The number of amides is 2. The summed E-state index contributed by atoms with van der Waals surface area (Å²) < 4.78 is 0. The fourth-order valence-corrected chi connectivity index (χ4v) is 3.01. The van der Waals surface area contributed by atoms with E-state index in [1.807, 2.05) is 0 Å². The van der Waals surface area contributed by atoms with Crippen LogP contribution in [-0.2, 0) is 11.3 Å². The summed E-state index contributed by atoms with van der Waals surface area (Å²) in [6, 6.07) is 4.54. The predicted molar refractivity (Wildman–Crippen MR) is 75.9 cm³/mol. The van der Waals surface area contributed by atoms with E-state index in [4.69, 9.17) is 5.11 Å². The third kappa shape index (κ3) is 3.63. The second-order valence-electron chi connectivity index (χ2n) is 4.41. The number of carbonyl (C=O) groups is 2. The Bertz CT molecular complexity index is 563. The van der Waals surface area contributed by atoms with Crippen molar-refractivity contribution in [3.63, 3.8) is 0 Å². The highest BCUT2D eigenvalue weighted by Crippen LogP contribution is 2.21. The first-order chi connectivity index (χ1) is 9.99. The van der Waals surface area contributed by atoms with Crippen LogP contribution in [-0.4, -0.2) is 44.6 Å². The van der Waals surface area contributed by atoms with Crippen molar-refractivity contribution in [1.29, 1.82) is 0 Å². The van der Waals surface area contributed by atoms with Crippen molar-refractivity contribution < 1.29 is 19.6 Å². The Hall–Kier alpha value is -2.29. The van der Waals surface area contributed by atoms with Crippen molar-refractivity contribution >= 4 is 29.4 Å². The second kappa shape index (κ2) is 6.44. The minimum absolute atomic E-state index is 0.0213. The molecule has 0 bridgehead atoms. The minimum atomic E-state index is -1.02. The topological polar surface area (TPSA) is 113 Å². The van der Waals surface area contributed by atoms with Gasteiger partial charge in [0.15, 0.2) is 0 Å². The molecule has 0 saturated carbocycles. The number of hydrogen-bond donors (Lipinski definition) is 2. The fourth-order valence-electron chi connectivity index (χ4n) is 1.86. The Labute approximate surface area is 124 Å². The number of carboxylic acids is 1. The fraction of sp³-hybridized carbons (Fsp3) is 0.333. The van der Waals surface area contributed by atoms with Crippen molar-refractivity contribution in [1.82, 2.24) is 10.2 Å². The zero-order valence-corrected chi connectivity index (χ0v) is 11.7. The van der Waals surface area contributed by atoms with Crippen LogP contribution in [0.2, 0.25) is 0 Å². The van der Waals surface area contributed by atoms with Crippen LogP contribution in [0.25, 0.3) is 0 Å². The van der Waals surface area contributed by atoms with Gasteiger partial charge < -0.3 is 15.3 Å². The highest BCUT2D eigenvalue weighted by atomic mass is 32.2. The molecule has 0 aliphatic carbocycles. The standard InChI is InChI=1S/C12H13N3O5S/c16-11(17)10-6-21-7-14(10)12(18)13-5-8-1-3-9(4-2-8)15(19)20/h1-4,10H,5-7H2,(H,13,18)(H,16,17)/t10-/m0/s1. The maximum absolute atomic E-state index is 11.9. The number of nitro benzene ring substituents is 1. The van der Waals surface area contributed by atoms with Crippen molar-refractivity contribution in [2.75, 3.05) is 11.6 Å². The highest BCUT2D eigenvalue weighted by Gasteiger charge is 2.34. The van der Waals surface area contributed by atoms with Crippen LogP contribution in [0.15, 0.2) is 24.3 Å². The van der Waals surface area contributed by atoms with Gasteiger partial charge in [-0.2, -0.15) is 0 Å². The lowest BCUT2D eigenvalue weighted by atomic mass is 10.2. The molecule has 2 N–H and O–H groups in total. The van der Waals surface area contributed by atoms with Gasteiger partial charge in [-0.25, -0.2) is 9.59 Å². The van der Waals surface area contributed by atoms with E-state index < -0.39 is 23.0 Å². The molecule has 0 spiro atoms. The summed E-state index contributed by atoms with van der Waals surface area (Å²) in [6.07, 6.45) is 0. The summed E-state index contributed by atoms with van der Waals surface area (Å²) in [5.41, 5.74) is 0.680. The number of hydrogen-bond acceptors (Lipinski definition) is 5. The minimum Gasteiger partial charge on any atom is -0.480 e. The average Bonchev–Trinajstić information content (AvgIpc) is 2.95. The second-order valence-corrected chi connectivity index (χ2v) is 5.41. The van der Waals surface area contributed by atoms with E-state index in [0.29, 0.717) is 17.2 Å². The number of nitrogens with one attached hydrogen (secondary N) is 1. The van der Waals surface area contributed by atoms with Crippen LogP contribution in [0.1, 0.15) is 5.56 Å². The molecule has 1 fully saturated rings. The van der Waals surface area contributed by atoms with E-state index >= 15 is 0 Å². The third-order valence-corrected chi connectivity index (χ3v) is 4.03. The van der Waals surface area contributed by atoms with E-state index in [1.165, 1.54) is 28.8 Å². The lowest BCUT2D eigenvalue weighted by Gasteiger charge is -2.20. The first-order valence-corrected chi connectivity index (χ1v) is 7.23. The van der Waals surface area contributed by atoms with Crippen molar-refractivity contribution in [3.05, 3.63) is 39.9 Å². The molecular formula is C12H13N3O5S. The van der Waals surface area contributed by atoms with Gasteiger partial charge in [-0.05, 0) is 5.56 Å². The number of benzene rings is 1. The molecule has 0 radical (unpaired) electrons. The van der Waals surface area contributed by atoms with Crippen molar-refractivity contribution in [2.45, 2.75) is 12.6 Å². The molecule has 1 atom stereocenters. The van der Waals surface area contributed by atoms with Crippen molar-refractivity contribution in [3.8, 4) is 0 Å². The molecule has 21 heavy (non-hydrogen) atoms. The largest absolute Gasteiger partial charge is 0.480 e. The monoisotopic (exact) mass is 311 g/mol. The van der Waals surface area contributed by atoms with Crippen molar-refractivity contribution in [2.24, 2.45) is 0 Å². The van der Waals surface area contributed by atoms with Gasteiger partial charge in [-0.15, -0.1) is 11.8 Å². The molecule has 1 aliphatic rings. The van der Waals surface area contributed by atoms with Gasteiger partial charge in [0.25, 0.3) is 5.69 Å². The molecule has 1 aromatic rings. The molecule has 0 aromatic heterocycles. The van der Waals surface area contributed by atoms with Crippen LogP contribution < -0.4 is 5.32 Å². The van der Waals surface area contributed by atoms with E-state index in [-0.39, 0.29) is 12.2 Å². The molecule has 9 heteroatoms. The molecule has 1 saturated heterocycles.